The van der Waals surface area contributed by atoms with Crippen molar-refractivity contribution in [3.63, 3.8) is 0 Å². The Bertz CT molecular complexity index is 607. The molecule has 0 aliphatic heterocycles. The number of amides is 1. The molecule has 1 N–H and O–H groups in total. The van der Waals surface area contributed by atoms with Gasteiger partial charge in [0.05, 0.1) is 31.5 Å². The number of pyridine rings is 1. The van der Waals surface area contributed by atoms with Crippen LogP contribution < -0.4 is 5.32 Å². The molecule has 0 radical (unpaired) electrons. The molecule has 1 aliphatic rings. The van der Waals surface area contributed by atoms with Gasteiger partial charge in [0.1, 0.15) is 5.78 Å². The maximum absolute atomic E-state index is 12.2. The zero-order valence-electron chi connectivity index (χ0n) is 17.4. The molecule has 1 saturated carbocycles. The van der Waals surface area contributed by atoms with Crippen LogP contribution in [0.4, 0.5) is 0 Å². The Balaban J connectivity index is 1.69. The van der Waals surface area contributed by atoms with E-state index in [4.69, 9.17) is 9.47 Å². The number of nitrogens with one attached hydrogen (secondary N) is 1. The molecule has 1 fully saturated rings. The van der Waals surface area contributed by atoms with Crippen LogP contribution in [0.25, 0.3) is 0 Å². The largest absolute Gasteiger partial charge is 0.377 e. The Labute approximate surface area is 168 Å². The Morgan fingerprint density at radius 1 is 1.14 bits per heavy atom. The lowest BCUT2D eigenvalue weighted by Gasteiger charge is -2.27. The van der Waals surface area contributed by atoms with Crippen molar-refractivity contribution in [1.29, 1.82) is 0 Å². The smallest absolute Gasteiger partial charge is 0.252 e. The first-order valence-electron chi connectivity index (χ1n) is 10.5. The average molecular weight is 391 g/mol. The van der Waals surface area contributed by atoms with E-state index in [1.165, 1.54) is 0 Å². The number of hydrogen-bond acceptors (Lipinski definition) is 5. The summed E-state index contributed by atoms with van der Waals surface area (Å²) in [6.07, 6.45) is 6.36. The van der Waals surface area contributed by atoms with Crippen molar-refractivity contribution in [2.75, 3.05) is 26.4 Å². The number of hydrogen-bond donors (Lipinski definition) is 1. The molecule has 1 aromatic heterocycles. The second-order valence-corrected chi connectivity index (χ2v) is 7.63. The number of carbonyl (C=O) groups is 2. The fraction of sp³-hybridized carbons (Fsp3) is 0.682. The van der Waals surface area contributed by atoms with Crippen molar-refractivity contribution < 1.29 is 19.1 Å². The topological polar surface area (TPSA) is 77.5 Å². The molecule has 0 saturated heterocycles. The molecule has 0 unspecified atom stereocenters. The third kappa shape index (κ3) is 7.32. The van der Waals surface area contributed by atoms with Gasteiger partial charge in [0.25, 0.3) is 5.91 Å². The summed E-state index contributed by atoms with van der Waals surface area (Å²) in [5.41, 5.74) is 1.58. The highest BCUT2D eigenvalue weighted by Gasteiger charge is 2.26. The second kappa shape index (κ2) is 11.9. The van der Waals surface area contributed by atoms with Crippen LogP contribution in [0.15, 0.2) is 18.3 Å². The van der Waals surface area contributed by atoms with Gasteiger partial charge in [-0.05, 0) is 51.7 Å². The highest BCUT2D eigenvalue weighted by Crippen LogP contribution is 2.35. The molecular formula is C22H34N2O4. The highest BCUT2D eigenvalue weighted by atomic mass is 16.5. The summed E-state index contributed by atoms with van der Waals surface area (Å²) in [5.74, 6) is 0.859. The van der Waals surface area contributed by atoms with Gasteiger partial charge < -0.3 is 14.8 Å². The van der Waals surface area contributed by atoms with Crippen molar-refractivity contribution in [3.05, 3.63) is 29.6 Å². The monoisotopic (exact) mass is 390 g/mol. The van der Waals surface area contributed by atoms with Gasteiger partial charge >= 0.3 is 0 Å². The number of ketones is 1. The summed E-state index contributed by atoms with van der Waals surface area (Å²) in [6.45, 7) is 7.90. The lowest BCUT2D eigenvalue weighted by molar-refractivity contribution is -0.123. The van der Waals surface area contributed by atoms with E-state index in [0.29, 0.717) is 50.1 Å². The van der Waals surface area contributed by atoms with E-state index in [0.717, 1.165) is 31.4 Å². The van der Waals surface area contributed by atoms with Crippen LogP contribution in [0, 0.1) is 5.92 Å². The van der Waals surface area contributed by atoms with Crippen molar-refractivity contribution in [1.82, 2.24) is 10.3 Å². The molecule has 6 heteroatoms. The maximum atomic E-state index is 12.2. The lowest BCUT2D eigenvalue weighted by Crippen LogP contribution is -2.28. The van der Waals surface area contributed by atoms with Crippen LogP contribution in [0.2, 0.25) is 0 Å². The van der Waals surface area contributed by atoms with E-state index in [-0.39, 0.29) is 17.9 Å². The molecule has 0 aromatic carbocycles. The summed E-state index contributed by atoms with van der Waals surface area (Å²) in [7, 11) is 0. The molecular weight excluding hydrogens is 356 g/mol. The average Bonchev–Trinajstić information content (AvgIpc) is 2.72. The second-order valence-electron chi connectivity index (χ2n) is 7.63. The van der Waals surface area contributed by atoms with Gasteiger partial charge in [0.15, 0.2) is 0 Å². The Morgan fingerprint density at radius 3 is 2.50 bits per heavy atom. The van der Waals surface area contributed by atoms with E-state index in [1.54, 1.807) is 6.20 Å². The minimum absolute atomic E-state index is 0.140. The van der Waals surface area contributed by atoms with Crippen LogP contribution in [0.5, 0.6) is 0 Å². The molecule has 1 heterocycles. The standard InChI is InChI=1S/C22H34N2O4/c1-4-21(25)18-7-5-17(6-8-18)20-10-9-19(15-24-20)22(26)23-11-12-27-13-14-28-16(2)3/h9-10,15-18H,4-8,11-14H2,1-3H3,(H,23,26). The number of rotatable bonds is 11. The number of carbonyl (C=O) groups excluding carboxylic acids is 2. The minimum Gasteiger partial charge on any atom is -0.377 e. The highest BCUT2D eigenvalue weighted by molar-refractivity contribution is 5.93. The van der Waals surface area contributed by atoms with E-state index in [1.807, 2.05) is 32.9 Å². The Morgan fingerprint density at radius 2 is 1.89 bits per heavy atom. The predicted molar refractivity (Wildman–Crippen MR) is 108 cm³/mol. The molecule has 1 amide bonds. The van der Waals surface area contributed by atoms with Crippen molar-refractivity contribution >= 4 is 11.7 Å². The van der Waals surface area contributed by atoms with Gasteiger partial charge in [-0.1, -0.05) is 6.92 Å². The molecule has 0 bridgehead atoms. The molecule has 1 aromatic rings. The first-order valence-corrected chi connectivity index (χ1v) is 10.5. The SMILES string of the molecule is CCC(=O)C1CCC(c2ccc(C(=O)NCCOCCOC(C)C)cn2)CC1. The summed E-state index contributed by atoms with van der Waals surface area (Å²) < 4.78 is 10.8. The molecule has 6 nitrogen and oxygen atoms in total. The molecule has 2 rings (SSSR count). The van der Waals surface area contributed by atoms with Gasteiger partial charge in [-0.25, -0.2) is 0 Å². The summed E-state index contributed by atoms with van der Waals surface area (Å²) in [4.78, 5) is 28.5. The van der Waals surface area contributed by atoms with E-state index >= 15 is 0 Å². The third-order valence-electron chi connectivity index (χ3n) is 5.21. The van der Waals surface area contributed by atoms with Crippen molar-refractivity contribution in [3.8, 4) is 0 Å². The van der Waals surface area contributed by atoms with E-state index in [2.05, 4.69) is 10.3 Å². The quantitative estimate of drug-likeness (QED) is 0.585. The van der Waals surface area contributed by atoms with Crippen LogP contribution in [0.1, 0.15) is 74.8 Å². The van der Waals surface area contributed by atoms with E-state index in [9.17, 15) is 9.59 Å². The molecule has 156 valence electrons. The normalized spacial score (nSPS) is 19.6. The van der Waals surface area contributed by atoms with Crippen LogP contribution in [-0.4, -0.2) is 49.1 Å². The zero-order chi connectivity index (χ0) is 20.4. The summed E-state index contributed by atoms with van der Waals surface area (Å²) in [5, 5.41) is 2.84. The van der Waals surface area contributed by atoms with Crippen molar-refractivity contribution in [2.45, 2.75) is 64.9 Å². The van der Waals surface area contributed by atoms with Crippen LogP contribution in [-0.2, 0) is 14.3 Å². The number of aromatic nitrogens is 1. The summed E-state index contributed by atoms with van der Waals surface area (Å²) in [6, 6.07) is 3.78. The third-order valence-corrected chi connectivity index (χ3v) is 5.21. The van der Waals surface area contributed by atoms with Gasteiger partial charge in [-0.3, -0.25) is 14.6 Å². The van der Waals surface area contributed by atoms with Gasteiger partial charge in [0.2, 0.25) is 0 Å². The maximum Gasteiger partial charge on any atom is 0.252 e. The molecule has 0 spiro atoms. The number of Topliss-reactive ketones (excluding diaryl/α,β-unsaturated/α-hetero) is 1. The first-order chi connectivity index (χ1) is 13.5. The van der Waals surface area contributed by atoms with Crippen molar-refractivity contribution in [2.24, 2.45) is 5.92 Å². The van der Waals surface area contributed by atoms with Gasteiger partial charge in [-0.2, -0.15) is 0 Å². The predicted octanol–water partition coefficient (Wildman–Crippen LogP) is 3.51. The van der Waals surface area contributed by atoms with Crippen LogP contribution >= 0.6 is 0 Å². The Kier molecular flexibility index (Phi) is 9.58. The van der Waals surface area contributed by atoms with E-state index < -0.39 is 0 Å². The van der Waals surface area contributed by atoms with Crippen LogP contribution in [0.3, 0.4) is 0 Å². The number of nitrogens with zero attached hydrogens (tertiary/aromatic N) is 1. The summed E-state index contributed by atoms with van der Waals surface area (Å²) >= 11 is 0. The lowest BCUT2D eigenvalue weighted by atomic mass is 9.78. The zero-order valence-corrected chi connectivity index (χ0v) is 17.4. The minimum atomic E-state index is -0.140. The first kappa shape index (κ1) is 22.5. The fourth-order valence-corrected chi connectivity index (χ4v) is 3.56. The molecule has 28 heavy (non-hydrogen) atoms. The Hall–Kier alpha value is -1.79. The van der Waals surface area contributed by atoms with Gasteiger partial charge in [0, 0.05) is 36.7 Å². The molecule has 0 atom stereocenters. The number of ether oxygens (including phenoxy) is 2. The van der Waals surface area contributed by atoms with Gasteiger partial charge in [-0.15, -0.1) is 0 Å². The molecule has 1 aliphatic carbocycles. The fourth-order valence-electron chi connectivity index (χ4n) is 3.56.